The monoisotopic (exact) mass is 527 g/mol. The minimum atomic E-state index is -0.112. The summed E-state index contributed by atoms with van der Waals surface area (Å²) < 4.78 is 11.1. The van der Waals surface area contributed by atoms with Crippen LogP contribution in [0, 0.1) is 6.92 Å². The second kappa shape index (κ2) is 13.6. The van der Waals surface area contributed by atoms with Gasteiger partial charge in [-0.3, -0.25) is 9.79 Å². The molecular weight excluding hydrogens is 497 g/mol. The highest BCUT2D eigenvalue weighted by Crippen LogP contribution is 2.19. The molecule has 1 amide bonds. The molecule has 0 spiro atoms. The van der Waals surface area contributed by atoms with Crippen molar-refractivity contribution in [3.63, 3.8) is 0 Å². The minimum absolute atomic E-state index is 0. The third-order valence-electron chi connectivity index (χ3n) is 3.98. The SMILES string of the molecule is CN=C(NCCC(=O)Nc1ccc(C)cn1)NCC(C)Oc1cccc(OC)c1.I. The van der Waals surface area contributed by atoms with E-state index < -0.39 is 0 Å². The predicted octanol–water partition coefficient (Wildman–Crippen LogP) is 2.98. The van der Waals surface area contributed by atoms with Gasteiger partial charge in [0.2, 0.25) is 5.91 Å². The lowest BCUT2D eigenvalue weighted by molar-refractivity contribution is -0.116. The van der Waals surface area contributed by atoms with Gasteiger partial charge in [0.25, 0.3) is 0 Å². The summed E-state index contributed by atoms with van der Waals surface area (Å²) in [5, 5.41) is 9.07. The van der Waals surface area contributed by atoms with E-state index in [2.05, 4.69) is 25.9 Å². The topological polar surface area (TPSA) is 96.9 Å². The normalized spacial score (nSPS) is 11.7. The number of pyridine rings is 1. The molecule has 0 saturated carbocycles. The number of methoxy groups -OCH3 is 1. The summed E-state index contributed by atoms with van der Waals surface area (Å²) in [5.41, 5.74) is 1.05. The standard InChI is InChI=1S/C21H29N5O3.HI/c1-15-8-9-19(24-13-15)26-20(27)10-11-23-21(22-3)25-14-16(2)29-18-7-5-6-17(12-18)28-4;/h5-9,12-13,16H,10-11,14H2,1-4H3,(H2,22,23,25)(H,24,26,27);1H. The Balaban J connectivity index is 0.00000450. The Bertz CT molecular complexity index is 815. The maximum atomic E-state index is 12.0. The van der Waals surface area contributed by atoms with Crippen LogP contribution in [0.25, 0.3) is 0 Å². The molecule has 0 saturated heterocycles. The second-order valence-electron chi connectivity index (χ2n) is 6.51. The average molecular weight is 527 g/mol. The molecule has 2 aromatic rings. The molecule has 0 bridgehead atoms. The largest absolute Gasteiger partial charge is 0.497 e. The highest BCUT2D eigenvalue weighted by atomic mass is 127. The molecule has 0 fully saturated rings. The van der Waals surface area contributed by atoms with Crippen LogP contribution in [0.1, 0.15) is 18.9 Å². The number of ether oxygens (including phenoxy) is 2. The van der Waals surface area contributed by atoms with E-state index in [4.69, 9.17) is 9.47 Å². The van der Waals surface area contributed by atoms with E-state index in [0.717, 1.165) is 17.1 Å². The lowest BCUT2D eigenvalue weighted by Crippen LogP contribution is -2.42. The zero-order chi connectivity index (χ0) is 21.1. The number of aryl methyl sites for hydroxylation is 1. The number of nitrogens with one attached hydrogen (secondary N) is 3. The number of aromatic nitrogens is 1. The molecule has 0 radical (unpaired) electrons. The highest BCUT2D eigenvalue weighted by molar-refractivity contribution is 14.0. The maximum Gasteiger partial charge on any atom is 0.227 e. The predicted molar refractivity (Wildman–Crippen MR) is 130 cm³/mol. The van der Waals surface area contributed by atoms with Crippen molar-refractivity contribution < 1.29 is 14.3 Å². The fourth-order valence-corrected chi connectivity index (χ4v) is 2.45. The van der Waals surface area contributed by atoms with Crippen LogP contribution in [-0.4, -0.2) is 50.2 Å². The van der Waals surface area contributed by atoms with Gasteiger partial charge in [0.1, 0.15) is 23.4 Å². The van der Waals surface area contributed by atoms with Crippen molar-refractivity contribution in [1.29, 1.82) is 0 Å². The summed E-state index contributed by atoms with van der Waals surface area (Å²) in [6.45, 7) is 4.91. The van der Waals surface area contributed by atoms with E-state index in [1.807, 2.05) is 44.2 Å². The Morgan fingerprint density at radius 3 is 2.63 bits per heavy atom. The van der Waals surface area contributed by atoms with E-state index in [9.17, 15) is 4.79 Å². The van der Waals surface area contributed by atoms with E-state index in [1.165, 1.54) is 0 Å². The van der Waals surface area contributed by atoms with Crippen molar-refractivity contribution in [3.8, 4) is 11.5 Å². The molecule has 2 rings (SSSR count). The number of halogens is 1. The molecule has 164 valence electrons. The highest BCUT2D eigenvalue weighted by Gasteiger charge is 2.08. The molecule has 1 unspecified atom stereocenters. The Morgan fingerprint density at radius 2 is 1.97 bits per heavy atom. The van der Waals surface area contributed by atoms with Gasteiger partial charge in [0, 0.05) is 32.3 Å². The number of carbonyl (C=O) groups excluding carboxylic acids is 1. The van der Waals surface area contributed by atoms with Crippen LogP contribution in [0.3, 0.4) is 0 Å². The zero-order valence-corrected chi connectivity index (χ0v) is 20.1. The Hall–Kier alpha value is -2.56. The van der Waals surface area contributed by atoms with Gasteiger partial charge in [-0.2, -0.15) is 0 Å². The van der Waals surface area contributed by atoms with Crippen molar-refractivity contribution >= 4 is 41.7 Å². The first-order chi connectivity index (χ1) is 14.0. The van der Waals surface area contributed by atoms with Gasteiger partial charge in [-0.25, -0.2) is 4.98 Å². The fourth-order valence-electron chi connectivity index (χ4n) is 2.45. The molecule has 8 nitrogen and oxygen atoms in total. The number of aliphatic imine (C=N–C) groups is 1. The number of benzene rings is 1. The van der Waals surface area contributed by atoms with Gasteiger partial charge in [-0.1, -0.05) is 12.1 Å². The molecule has 0 aliphatic carbocycles. The van der Waals surface area contributed by atoms with Gasteiger partial charge in [-0.15, -0.1) is 24.0 Å². The molecule has 3 N–H and O–H groups in total. The van der Waals surface area contributed by atoms with Crippen LogP contribution in [0.4, 0.5) is 5.82 Å². The summed E-state index contributed by atoms with van der Waals surface area (Å²) >= 11 is 0. The van der Waals surface area contributed by atoms with Crippen LogP contribution >= 0.6 is 24.0 Å². The van der Waals surface area contributed by atoms with E-state index >= 15 is 0 Å². The van der Waals surface area contributed by atoms with Gasteiger partial charge >= 0.3 is 0 Å². The Morgan fingerprint density at radius 1 is 1.20 bits per heavy atom. The molecular formula is C21H30IN5O3. The molecule has 1 aromatic carbocycles. The first-order valence-corrected chi connectivity index (χ1v) is 9.48. The molecule has 0 aliphatic heterocycles. The van der Waals surface area contributed by atoms with Crippen molar-refractivity contribution in [2.24, 2.45) is 4.99 Å². The van der Waals surface area contributed by atoms with Crippen LogP contribution in [0.2, 0.25) is 0 Å². The molecule has 1 atom stereocenters. The summed E-state index contributed by atoms with van der Waals surface area (Å²) in [6.07, 6.45) is 1.93. The maximum absolute atomic E-state index is 12.0. The number of nitrogens with zero attached hydrogens (tertiary/aromatic N) is 2. The lowest BCUT2D eigenvalue weighted by Gasteiger charge is -2.18. The lowest BCUT2D eigenvalue weighted by atomic mass is 10.3. The molecule has 30 heavy (non-hydrogen) atoms. The van der Waals surface area contributed by atoms with Crippen molar-refractivity contribution in [3.05, 3.63) is 48.2 Å². The molecule has 0 aliphatic rings. The average Bonchev–Trinajstić information content (AvgIpc) is 2.72. The minimum Gasteiger partial charge on any atom is -0.497 e. The third kappa shape index (κ3) is 9.29. The quantitative estimate of drug-likeness (QED) is 0.264. The van der Waals surface area contributed by atoms with Gasteiger partial charge in [0.15, 0.2) is 5.96 Å². The van der Waals surface area contributed by atoms with Crippen LogP contribution < -0.4 is 25.4 Å². The summed E-state index contributed by atoms with van der Waals surface area (Å²) in [7, 11) is 3.30. The summed E-state index contributed by atoms with van der Waals surface area (Å²) in [6, 6.07) is 11.2. The number of rotatable bonds is 9. The Kier molecular flexibility index (Phi) is 11.6. The number of amides is 1. The van der Waals surface area contributed by atoms with Crippen LogP contribution in [0.5, 0.6) is 11.5 Å². The number of hydrogen-bond acceptors (Lipinski definition) is 5. The molecule has 9 heteroatoms. The van der Waals surface area contributed by atoms with Crippen molar-refractivity contribution in [2.45, 2.75) is 26.4 Å². The molecule has 1 aromatic heterocycles. The van der Waals surface area contributed by atoms with E-state index in [1.54, 1.807) is 26.4 Å². The summed E-state index contributed by atoms with van der Waals surface area (Å²) in [5.74, 6) is 2.53. The van der Waals surface area contributed by atoms with Gasteiger partial charge in [0.05, 0.1) is 13.7 Å². The first kappa shape index (κ1) is 25.5. The number of carbonyl (C=O) groups is 1. The zero-order valence-electron chi connectivity index (χ0n) is 17.8. The number of guanidine groups is 1. The third-order valence-corrected chi connectivity index (χ3v) is 3.98. The van der Waals surface area contributed by atoms with Crippen LogP contribution in [-0.2, 0) is 4.79 Å². The smallest absolute Gasteiger partial charge is 0.227 e. The van der Waals surface area contributed by atoms with Gasteiger partial charge < -0.3 is 25.4 Å². The number of anilines is 1. The summed E-state index contributed by atoms with van der Waals surface area (Å²) in [4.78, 5) is 20.3. The van der Waals surface area contributed by atoms with Crippen molar-refractivity contribution in [2.75, 3.05) is 32.6 Å². The van der Waals surface area contributed by atoms with Crippen molar-refractivity contribution in [1.82, 2.24) is 15.6 Å². The molecule has 1 heterocycles. The Labute approximate surface area is 194 Å². The van der Waals surface area contributed by atoms with E-state index in [0.29, 0.717) is 31.3 Å². The van der Waals surface area contributed by atoms with Crippen LogP contribution in [0.15, 0.2) is 47.6 Å². The fraction of sp³-hybridized carbons (Fsp3) is 0.381. The second-order valence-corrected chi connectivity index (χ2v) is 6.51. The number of hydrogen-bond donors (Lipinski definition) is 3. The van der Waals surface area contributed by atoms with E-state index in [-0.39, 0.29) is 36.0 Å². The first-order valence-electron chi connectivity index (χ1n) is 9.48. The van der Waals surface area contributed by atoms with Gasteiger partial charge in [-0.05, 0) is 37.6 Å².